The number of aliphatic imine (C=N–C) groups is 1. The lowest BCUT2D eigenvalue weighted by Crippen LogP contribution is -2.46. The Bertz CT molecular complexity index is 695. The minimum absolute atomic E-state index is 0.0212. The maximum Gasteiger partial charge on any atom is 0.319 e. The summed E-state index contributed by atoms with van der Waals surface area (Å²) in [7, 11) is 1.44. The number of benzene rings is 1. The molecule has 1 aliphatic rings. The lowest BCUT2D eigenvalue weighted by atomic mass is 9.97. The van der Waals surface area contributed by atoms with E-state index in [1.807, 2.05) is 45.0 Å². The molecule has 160 valence electrons. The SMILES string of the molecule is CCNC(=NCc1ccc(NC(=O)NC(C)C)cc1)N1CCC(C(=O)OC)CC1. The van der Waals surface area contributed by atoms with Gasteiger partial charge in [0.1, 0.15) is 0 Å². The molecule has 1 saturated heterocycles. The van der Waals surface area contributed by atoms with Crippen molar-refractivity contribution in [3.05, 3.63) is 29.8 Å². The van der Waals surface area contributed by atoms with Crippen LogP contribution in [0.2, 0.25) is 0 Å². The number of rotatable bonds is 6. The maximum absolute atomic E-state index is 11.8. The van der Waals surface area contributed by atoms with E-state index in [0.717, 1.165) is 49.7 Å². The summed E-state index contributed by atoms with van der Waals surface area (Å²) in [6.45, 7) is 8.75. The highest BCUT2D eigenvalue weighted by Crippen LogP contribution is 2.19. The first-order valence-electron chi connectivity index (χ1n) is 10.2. The molecule has 0 radical (unpaired) electrons. The van der Waals surface area contributed by atoms with E-state index in [4.69, 9.17) is 9.73 Å². The molecule has 0 aromatic heterocycles. The van der Waals surface area contributed by atoms with Gasteiger partial charge in [-0.3, -0.25) is 4.79 Å². The first-order chi connectivity index (χ1) is 13.9. The number of ether oxygens (including phenoxy) is 1. The Morgan fingerprint density at radius 2 is 1.86 bits per heavy atom. The number of guanidine groups is 1. The molecule has 0 unspecified atom stereocenters. The molecule has 1 heterocycles. The zero-order valence-corrected chi connectivity index (χ0v) is 17.8. The summed E-state index contributed by atoms with van der Waals surface area (Å²) in [6.07, 6.45) is 1.55. The van der Waals surface area contributed by atoms with E-state index in [9.17, 15) is 9.59 Å². The van der Waals surface area contributed by atoms with Crippen LogP contribution in [0.5, 0.6) is 0 Å². The van der Waals surface area contributed by atoms with E-state index in [1.165, 1.54) is 7.11 Å². The molecular formula is C21H33N5O3. The topological polar surface area (TPSA) is 95.1 Å². The number of urea groups is 1. The van der Waals surface area contributed by atoms with Crippen molar-refractivity contribution in [1.82, 2.24) is 15.5 Å². The van der Waals surface area contributed by atoms with Crippen molar-refractivity contribution < 1.29 is 14.3 Å². The standard InChI is InChI=1S/C21H33N5O3/c1-5-22-20(26-12-10-17(11-13-26)19(27)29-4)23-14-16-6-8-18(9-7-16)25-21(28)24-15(2)3/h6-9,15,17H,5,10-14H2,1-4H3,(H,22,23)(H2,24,25,28). The average molecular weight is 404 g/mol. The van der Waals surface area contributed by atoms with E-state index in [-0.39, 0.29) is 24.0 Å². The number of carbonyl (C=O) groups excluding carboxylic acids is 2. The van der Waals surface area contributed by atoms with Crippen LogP contribution < -0.4 is 16.0 Å². The van der Waals surface area contributed by atoms with Gasteiger partial charge >= 0.3 is 12.0 Å². The van der Waals surface area contributed by atoms with Crippen LogP contribution in [-0.2, 0) is 16.1 Å². The highest BCUT2D eigenvalue weighted by Gasteiger charge is 2.26. The van der Waals surface area contributed by atoms with Gasteiger partial charge in [-0.2, -0.15) is 0 Å². The second kappa shape index (κ2) is 11.3. The number of nitrogens with zero attached hydrogens (tertiary/aromatic N) is 2. The van der Waals surface area contributed by atoms with E-state index in [2.05, 4.69) is 20.9 Å². The quantitative estimate of drug-likeness (QED) is 0.385. The molecule has 2 rings (SSSR count). The molecule has 29 heavy (non-hydrogen) atoms. The largest absolute Gasteiger partial charge is 0.469 e. The predicted octanol–water partition coefficient (Wildman–Crippen LogP) is 2.57. The number of piperidine rings is 1. The summed E-state index contributed by atoms with van der Waals surface area (Å²) in [5.74, 6) is 0.712. The van der Waals surface area contributed by atoms with Gasteiger partial charge in [-0.1, -0.05) is 12.1 Å². The second-order valence-corrected chi connectivity index (χ2v) is 7.40. The number of hydrogen-bond donors (Lipinski definition) is 3. The predicted molar refractivity (Wildman–Crippen MR) is 115 cm³/mol. The van der Waals surface area contributed by atoms with Crippen LogP contribution >= 0.6 is 0 Å². The Balaban J connectivity index is 1.93. The summed E-state index contributed by atoms with van der Waals surface area (Å²) >= 11 is 0. The average Bonchev–Trinajstić information content (AvgIpc) is 2.71. The molecule has 8 heteroatoms. The van der Waals surface area contributed by atoms with Crippen molar-refractivity contribution in [2.45, 2.75) is 46.2 Å². The Hall–Kier alpha value is -2.77. The van der Waals surface area contributed by atoms with Gasteiger partial charge in [-0.25, -0.2) is 9.79 Å². The smallest absolute Gasteiger partial charge is 0.319 e. The minimum Gasteiger partial charge on any atom is -0.469 e. The summed E-state index contributed by atoms with van der Waals surface area (Å²) in [6, 6.07) is 7.55. The van der Waals surface area contributed by atoms with Crippen LogP contribution in [0, 0.1) is 5.92 Å². The van der Waals surface area contributed by atoms with Gasteiger partial charge < -0.3 is 25.6 Å². The summed E-state index contributed by atoms with van der Waals surface area (Å²) in [5, 5.41) is 8.94. The zero-order chi connectivity index (χ0) is 21.2. The highest BCUT2D eigenvalue weighted by atomic mass is 16.5. The maximum atomic E-state index is 11.8. The van der Waals surface area contributed by atoms with Gasteiger partial charge in [0.05, 0.1) is 19.6 Å². The van der Waals surface area contributed by atoms with Crippen molar-refractivity contribution in [1.29, 1.82) is 0 Å². The summed E-state index contributed by atoms with van der Waals surface area (Å²) in [4.78, 5) is 30.4. The van der Waals surface area contributed by atoms with Crippen LogP contribution in [0.15, 0.2) is 29.3 Å². The van der Waals surface area contributed by atoms with E-state index < -0.39 is 0 Å². The molecule has 8 nitrogen and oxygen atoms in total. The summed E-state index contributed by atoms with van der Waals surface area (Å²) < 4.78 is 4.86. The van der Waals surface area contributed by atoms with Gasteiger partial charge in [-0.05, 0) is 51.3 Å². The number of anilines is 1. The Labute approximate surface area is 173 Å². The molecule has 2 amide bonds. The molecule has 0 spiro atoms. The molecule has 3 N–H and O–H groups in total. The van der Waals surface area contributed by atoms with Gasteiger partial charge in [-0.15, -0.1) is 0 Å². The zero-order valence-electron chi connectivity index (χ0n) is 17.8. The van der Waals surface area contributed by atoms with Crippen molar-refractivity contribution in [3.8, 4) is 0 Å². The van der Waals surface area contributed by atoms with E-state index in [1.54, 1.807) is 0 Å². The van der Waals surface area contributed by atoms with Gasteiger partial charge in [0.2, 0.25) is 0 Å². The van der Waals surface area contributed by atoms with Gasteiger partial charge in [0.25, 0.3) is 0 Å². The Morgan fingerprint density at radius 3 is 2.41 bits per heavy atom. The third kappa shape index (κ3) is 7.29. The Kier molecular flexibility index (Phi) is 8.76. The first kappa shape index (κ1) is 22.5. The molecule has 1 aromatic rings. The van der Waals surface area contributed by atoms with Crippen molar-refractivity contribution in [2.24, 2.45) is 10.9 Å². The molecule has 1 aliphatic heterocycles. The number of methoxy groups -OCH3 is 1. The van der Waals surface area contributed by atoms with E-state index in [0.29, 0.717) is 6.54 Å². The Morgan fingerprint density at radius 1 is 1.21 bits per heavy atom. The molecule has 1 aromatic carbocycles. The van der Waals surface area contributed by atoms with E-state index >= 15 is 0 Å². The minimum atomic E-state index is -0.212. The fourth-order valence-corrected chi connectivity index (χ4v) is 3.21. The lowest BCUT2D eigenvalue weighted by Gasteiger charge is -2.33. The van der Waals surface area contributed by atoms with Crippen molar-refractivity contribution in [2.75, 3.05) is 32.1 Å². The normalized spacial score (nSPS) is 15.2. The van der Waals surface area contributed by atoms with Crippen LogP contribution in [0.4, 0.5) is 10.5 Å². The number of esters is 1. The molecule has 1 fully saturated rings. The lowest BCUT2D eigenvalue weighted by molar-refractivity contribution is -0.146. The van der Waals surface area contributed by atoms with Crippen molar-refractivity contribution in [3.63, 3.8) is 0 Å². The van der Waals surface area contributed by atoms with Crippen LogP contribution in [0.1, 0.15) is 39.2 Å². The third-order valence-corrected chi connectivity index (χ3v) is 4.71. The monoisotopic (exact) mass is 403 g/mol. The third-order valence-electron chi connectivity index (χ3n) is 4.71. The second-order valence-electron chi connectivity index (χ2n) is 7.40. The molecule has 0 bridgehead atoms. The number of hydrogen-bond acceptors (Lipinski definition) is 4. The number of likely N-dealkylation sites (tertiary alicyclic amines) is 1. The highest BCUT2D eigenvalue weighted by molar-refractivity contribution is 5.89. The molecule has 0 aliphatic carbocycles. The number of carbonyl (C=O) groups is 2. The van der Waals surface area contributed by atoms with Gasteiger partial charge in [0, 0.05) is 31.4 Å². The molecule has 0 atom stereocenters. The fraction of sp³-hybridized carbons (Fsp3) is 0.571. The number of amides is 2. The molecule has 0 saturated carbocycles. The summed E-state index contributed by atoms with van der Waals surface area (Å²) in [5.41, 5.74) is 1.80. The fourth-order valence-electron chi connectivity index (χ4n) is 3.21. The molecular weight excluding hydrogens is 370 g/mol. The van der Waals surface area contributed by atoms with Gasteiger partial charge in [0.15, 0.2) is 5.96 Å². The number of nitrogens with one attached hydrogen (secondary N) is 3. The first-order valence-corrected chi connectivity index (χ1v) is 10.2. The van der Waals surface area contributed by atoms with Crippen LogP contribution in [-0.4, -0.2) is 55.6 Å². The van der Waals surface area contributed by atoms with Crippen LogP contribution in [0.25, 0.3) is 0 Å². The van der Waals surface area contributed by atoms with Crippen LogP contribution in [0.3, 0.4) is 0 Å². The van der Waals surface area contributed by atoms with Crippen molar-refractivity contribution >= 4 is 23.6 Å².